The summed E-state index contributed by atoms with van der Waals surface area (Å²) in [5.74, 6) is 0. The molecule has 6 aromatic rings. The molecule has 0 aliphatic rings. The Bertz CT molecular complexity index is 1990. The van der Waals surface area contributed by atoms with Crippen LogP contribution in [-0.2, 0) is 20.0 Å². The average molecular weight is 529 g/mol. The van der Waals surface area contributed by atoms with Gasteiger partial charge in [-0.15, -0.1) is 0 Å². The van der Waals surface area contributed by atoms with Crippen molar-refractivity contribution in [2.24, 2.45) is 0 Å². The summed E-state index contributed by atoms with van der Waals surface area (Å²) >= 11 is 0. The number of fused-ring (bicyclic) bond motifs is 5. The molecule has 0 saturated carbocycles. The molecule has 0 bridgehead atoms. The van der Waals surface area contributed by atoms with E-state index in [1.165, 1.54) is 7.94 Å². The monoisotopic (exact) mass is 528 g/mol. The lowest BCUT2D eigenvalue weighted by Crippen LogP contribution is -2.13. The van der Waals surface area contributed by atoms with Gasteiger partial charge in [0, 0.05) is 10.8 Å². The summed E-state index contributed by atoms with van der Waals surface area (Å²) in [5, 5.41) is 1.09. The third-order valence-corrected chi connectivity index (χ3v) is 10.2. The molecule has 6 nitrogen and oxygen atoms in total. The van der Waals surface area contributed by atoms with Crippen LogP contribution in [0.15, 0.2) is 101 Å². The lowest BCUT2D eigenvalue weighted by molar-refractivity contribution is 0.588. The number of hydrogen-bond acceptors (Lipinski definition) is 4. The van der Waals surface area contributed by atoms with Gasteiger partial charge in [0.15, 0.2) is 0 Å². The van der Waals surface area contributed by atoms with Gasteiger partial charge in [-0.2, -0.15) is 0 Å². The van der Waals surface area contributed by atoms with Crippen LogP contribution in [0.25, 0.3) is 32.8 Å². The standard InChI is InChI=1S/C29H24N2O4S2/c1-19-8-13-22(14-9-19)36(32,33)30-26-7-5-4-6-24(26)28-29(30)25-18-21(3)12-17-27(25)31(28)37(34,35)23-15-10-20(2)11-16-23/h4-18H,1-3H3. The summed E-state index contributed by atoms with van der Waals surface area (Å²) in [6, 6.07) is 25.8. The Morgan fingerprint density at radius 2 is 0.919 bits per heavy atom. The number of para-hydroxylation sites is 1. The fraction of sp³-hybridized carbons (Fsp3) is 0.103. The molecule has 0 unspecified atom stereocenters. The zero-order valence-corrected chi connectivity index (χ0v) is 22.1. The lowest BCUT2D eigenvalue weighted by Gasteiger charge is -2.11. The fourth-order valence-electron chi connectivity index (χ4n) is 4.91. The van der Waals surface area contributed by atoms with Crippen LogP contribution in [0.1, 0.15) is 16.7 Å². The normalized spacial score (nSPS) is 12.6. The van der Waals surface area contributed by atoms with E-state index in [2.05, 4.69) is 0 Å². The molecule has 0 radical (unpaired) electrons. The average Bonchev–Trinajstić information content (AvgIpc) is 3.37. The molecular formula is C29H24N2O4S2. The molecule has 0 aliphatic carbocycles. The highest BCUT2D eigenvalue weighted by Crippen LogP contribution is 2.41. The first kappa shape index (κ1) is 23.5. The van der Waals surface area contributed by atoms with Crippen LogP contribution in [0.4, 0.5) is 0 Å². The summed E-state index contributed by atoms with van der Waals surface area (Å²) in [4.78, 5) is 0.270. The number of nitrogens with zero attached hydrogens (tertiary/aromatic N) is 2. The largest absolute Gasteiger partial charge is 0.268 e. The number of benzene rings is 4. The van der Waals surface area contributed by atoms with Crippen LogP contribution < -0.4 is 0 Å². The first-order valence-corrected chi connectivity index (χ1v) is 14.7. The van der Waals surface area contributed by atoms with Crippen molar-refractivity contribution in [2.75, 3.05) is 0 Å². The molecule has 186 valence electrons. The maximum absolute atomic E-state index is 14.1. The highest BCUT2D eigenvalue weighted by atomic mass is 32.2. The van der Waals surface area contributed by atoms with Gasteiger partial charge in [0.2, 0.25) is 0 Å². The second kappa shape index (κ2) is 8.06. The molecule has 0 N–H and O–H groups in total. The maximum Gasteiger partial charge on any atom is 0.268 e. The minimum absolute atomic E-state index is 0.135. The molecule has 6 rings (SSSR count). The predicted octanol–water partition coefficient (Wildman–Crippen LogP) is 6.15. The second-order valence-corrected chi connectivity index (χ2v) is 13.0. The van der Waals surface area contributed by atoms with Gasteiger partial charge in [0.05, 0.1) is 31.9 Å². The smallest absolute Gasteiger partial charge is 0.231 e. The van der Waals surface area contributed by atoms with Crippen molar-refractivity contribution in [3.8, 4) is 0 Å². The SMILES string of the molecule is Cc1ccc(S(=O)(=O)n2c3ccc(C)cc3c3c2c2ccccc2n3S(=O)(=O)c2ccc(C)cc2)cc1. The first-order chi connectivity index (χ1) is 17.6. The van der Waals surface area contributed by atoms with Gasteiger partial charge in [-0.1, -0.05) is 65.2 Å². The fourth-order valence-corrected chi connectivity index (χ4v) is 7.97. The summed E-state index contributed by atoms with van der Waals surface area (Å²) in [6.07, 6.45) is 0. The van der Waals surface area contributed by atoms with Gasteiger partial charge < -0.3 is 0 Å². The third kappa shape index (κ3) is 3.43. The van der Waals surface area contributed by atoms with Crippen molar-refractivity contribution >= 4 is 52.9 Å². The van der Waals surface area contributed by atoms with Crippen LogP contribution in [0, 0.1) is 20.8 Å². The van der Waals surface area contributed by atoms with Crippen molar-refractivity contribution in [2.45, 2.75) is 30.6 Å². The topological polar surface area (TPSA) is 78.1 Å². The number of rotatable bonds is 4. The molecule has 0 amide bonds. The van der Waals surface area contributed by atoms with Crippen molar-refractivity contribution in [1.82, 2.24) is 7.94 Å². The zero-order chi connectivity index (χ0) is 26.1. The molecular weight excluding hydrogens is 504 g/mol. The Morgan fingerprint density at radius 1 is 0.486 bits per heavy atom. The second-order valence-electron chi connectivity index (χ2n) is 9.40. The first-order valence-electron chi connectivity index (χ1n) is 11.8. The van der Waals surface area contributed by atoms with Gasteiger partial charge in [-0.3, -0.25) is 0 Å². The molecule has 0 spiro atoms. The van der Waals surface area contributed by atoms with E-state index in [-0.39, 0.29) is 9.79 Å². The molecule has 0 fully saturated rings. The van der Waals surface area contributed by atoms with Gasteiger partial charge in [-0.05, 0) is 63.2 Å². The molecule has 2 aromatic heterocycles. The Morgan fingerprint density at radius 3 is 1.46 bits per heavy atom. The van der Waals surface area contributed by atoms with Gasteiger partial charge in [-0.25, -0.2) is 24.8 Å². The summed E-state index contributed by atoms with van der Waals surface area (Å²) in [6.45, 7) is 5.69. The van der Waals surface area contributed by atoms with Crippen LogP contribution in [0.5, 0.6) is 0 Å². The molecule has 8 heteroatoms. The molecule has 2 heterocycles. The van der Waals surface area contributed by atoms with E-state index >= 15 is 0 Å². The van der Waals surface area contributed by atoms with E-state index in [4.69, 9.17) is 0 Å². The van der Waals surface area contributed by atoms with Crippen LogP contribution in [0.2, 0.25) is 0 Å². The van der Waals surface area contributed by atoms with Crippen molar-refractivity contribution < 1.29 is 16.8 Å². The molecule has 0 aliphatic heterocycles. The Balaban J connectivity index is 1.83. The number of hydrogen-bond donors (Lipinski definition) is 0. The van der Waals surface area contributed by atoms with Crippen molar-refractivity contribution in [3.05, 3.63) is 108 Å². The van der Waals surface area contributed by atoms with E-state index in [9.17, 15) is 16.8 Å². The third-order valence-electron chi connectivity index (χ3n) is 6.75. The minimum Gasteiger partial charge on any atom is -0.231 e. The van der Waals surface area contributed by atoms with Crippen LogP contribution >= 0.6 is 0 Å². The highest BCUT2D eigenvalue weighted by Gasteiger charge is 2.31. The van der Waals surface area contributed by atoms with Crippen molar-refractivity contribution in [1.29, 1.82) is 0 Å². The summed E-state index contributed by atoms with van der Waals surface area (Å²) < 4.78 is 59.1. The van der Waals surface area contributed by atoms with Crippen LogP contribution in [0.3, 0.4) is 0 Å². The summed E-state index contributed by atoms with van der Waals surface area (Å²) in [5.41, 5.74) is 4.31. The number of aryl methyl sites for hydroxylation is 3. The van der Waals surface area contributed by atoms with Crippen LogP contribution in [-0.4, -0.2) is 24.8 Å². The minimum atomic E-state index is -4.06. The molecule has 37 heavy (non-hydrogen) atoms. The maximum atomic E-state index is 14.1. The zero-order valence-electron chi connectivity index (χ0n) is 20.5. The van der Waals surface area contributed by atoms with Gasteiger partial charge in [0.1, 0.15) is 0 Å². The van der Waals surface area contributed by atoms with Crippen molar-refractivity contribution in [3.63, 3.8) is 0 Å². The Kier molecular flexibility index (Phi) is 5.12. The molecule has 0 atom stereocenters. The van der Waals surface area contributed by atoms with Gasteiger partial charge in [0.25, 0.3) is 20.0 Å². The Hall–Kier alpha value is -3.88. The molecule has 0 saturated heterocycles. The molecule has 4 aromatic carbocycles. The van der Waals surface area contributed by atoms with E-state index in [0.29, 0.717) is 32.8 Å². The summed E-state index contributed by atoms with van der Waals surface area (Å²) in [7, 11) is -8.13. The predicted molar refractivity (Wildman–Crippen MR) is 147 cm³/mol. The lowest BCUT2D eigenvalue weighted by atomic mass is 10.2. The van der Waals surface area contributed by atoms with E-state index in [1.807, 2.05) is 32.9 Å². The van der Waals surface area contributed by atoms with E-state index in [0.717, 1.165) is 16.7 Å². The van der Waals surface area contributed by atoms with E-state index in [1.54, 1.807) is 78.9 Å². The van der Waals surface area contributed by atoms with E-state index < -0.39 is 20.0 Å². The quantitative estimate of drug-likeness (QED) is 0.275. The Labute approximate surface area is 215 Å². The highest BCUT2D eigenvalue weighted by molar-refractivity contribution is 7.91. The number of aromatic nitrogens is 2. The van der Waals surface area contributed by atoms with Gasteiger partial charge >= 0.3 is 0 Å².